The van der Waals surface area contributed by atoms with Gasteiger partial charge in [-0.1, -0.05) is 46.6 Å². The van der Waals surface area contributed by atoms with Crippen LogP contribution in [0.3, 0.4) is 0 Å². The Morgan fingerprint density at radius 1 is 1.19 bits per heavy atom. The summed E-state index contributed by atoms with van der Waals surface area (Å²) in [6.45, 7) is 1.97. The van der Waals surface area contributed by atoms with Crippen molar-refractivity contribution in [2.45, 2.75) is 6.92 Å². The van der Waals surface area contributed by atoms with E-state index in [-0.39, 0.29) is 5.88 Å². The van der Waals surface area contributed by atoms with Gasteiger partial charge in [0.2, 0.25) is 5.88 Å². The molecule has 0 spiro atoms. The Morgan fingerprint density at radius 2 is 2.00 bits per heavy atom. The van der Waals surface area contributed by atoms with Gasteiger partial charge in [0, 0.05) is 10.6 Å². The van der Waals surface area contributed by atoms with Crippen molar-refractivity contribution in [2.24, 2.45) is 0 Å². The van der Waals surface area contributed by atoms with E-state index >= 15 is 0 Å². The van der Waals surface area contributed by atoms with Gasteiger partial charge in [-0.3, -0.25) is 0 Å². The molecule has 0 fully saturated rings. The summed E-state index contributed by atoms with van der Waals surface area (Å²) in [5, 5.41) is 4.22. The number of aryl methyl sites for hydroxylation is 1. The third-order valence-corrected chi connectivity index (χ3v) is 3.45. The number of anilines is 1. The molecule has 5 heteroatoms. The van der Waals surface area contributed by atoms with E-state index in [9.17, 15) is 4.39 Å². The summed E-state index contributed by atoms with van der Waals surface area (Å²) < 4.78 is 19.2. The minimum atomic E-state index is -0.468. The van der Waals surface area contributed by atoms with E-state index in [0.717, 1.165) is 11.1 Å². The molecule has 0 radical (unpaired) electrons. The SMILES string of the molecule is Cc1cccc(-c2c(-c3ccc(Cl)cc3F)noc2N)c1. The first-order chi connectivity index (χ1) is 10.1. The normalized spacial score (nSPS) is 10.8. The molecule has 1 aromatic heterocycles. The minimum Gasteiger partial charge on any atom is -0.367 e. The third-order valence-electron chi connectivity index (χ3n) is 3.21. The average Bonchev–Trinajstić information content (AvgIpc) is 2.80. The fourth-order valence-corrected chi connectivity index (χ4v) is 2.41. The number of nitrogens with two attached hydrogens (primary N) is 1. The highest BCUT2D eigenvalue weighted by Crippen LogP contribution is 2.37. The van der Waals surface area contributed by atoms with Gasteiger partial charge < -0.3 is 10.3 Å². The van der Waals surface area contributed by atoms with Gasteiger partial charge in [0.1, 0.15) is 11.5 Å². The highest BCUT2D eigenvalue weighted by atomic mass is 35.5. The Balaban J connectivity index is 2.22. The first-order valence-corrected chi connectivity index (χ1v) is 6.71. The van der Waals surface area contributed by atoms with Gasteiger partial charge in [-0.15, -0.1) is 0 Å². The van der Waals surface area contributed by atoms with Crippen molar-refractivity contribution in [2.75, 3.05) is 5.73 Å². The molecule has 1 heterocycles. The van der Waals surface area contributed by atoms with Gasteiger partial charge in [0.15, 0.2) is 0 Å². The van der Waals surface area contributed by atoms with Crippen molar-refractivity contribution in [1.82, 2.24) is 5.16 Å². The van der Waals surface area contributed by atoms with Crippen molar-refractivity contribution in [3.05, 3.63) is 58.9 Å². The van der Waals surface area contributed by atoms with Crippen LogP contribution < -0.4 is 5.73 Å². The lowest BCUT2D eigenvalue weighted by Gasteiger charge is -2.05. The van der Waals surface area contributed by atoms with Crippen LogP contribution in [0.15, 0.2) is 47.0 Å². The van der Waals surface area contributed by atoms with Crippen LogP contribution in [-0.4, -0.2) is 5.16 Å². The van der Waals surface area contributed by atoms with Crippen molar-refractivity contribution in [3.8, 4) is 22.4 Å². The standard InChI is InChI=1S/C16H12ClFN2O/c1-9-3-2-4-10(7-9)14-15(20-21-16(14)19)12-6-5-11(17)8-13(12)18/h2-8H,19H2,1H3. The molecule has 2 aromatic carbocycles. The molecule has 0 unspecified atom stereocenters. The maximum absolute atomic E-state index is 14.1. The van der Waals surface area contributed by atoms with Gasteiger partial charge >= 0.3 is 0 Å². The third kappa shape index (κ3) is 2.50. The second kappa shape index (κ2) is 5.22. The first kappa shape index (κ1) is 13.6. The summed E-state index contributed by atoms with van der Waals surface area (Å²) in [6.07, 6.45) is 0. The van der Waals surface area contributed by atoms with E-state index in [0.29, 0.717) is 21.8 Å². The lowest BCUT2D eigenvalue weighted by molar-refractivity contribution is 0.439. The molecule has 2 N–H and O–H groups in total. The second-order valence-electron chi connectivity index (χ2n) is 4.76. The van der Waals surface area contributed by atoms with Crippen LogP contribution >= 0.6 is 11.6 Å². The van der Waals surface area contributed by atoms with Gasteiger partial charge in [0.25, 0.3) is 0 Å². The molecule has 3 rings (SSSR count). The molecule has 0 amide bonds. The van der Waals surface area contributed by atoms with E-state index in [1.807, 2.05) is 31.2 Å². The van der Waals surface area contributed by atoms with Gasteiger partial charge in [-0.2, -0.15) is 0 Å². The molecular weight excluding hydrogens is 291 g/mol. The summed E-state index contributed by atoms with van der Waals surface area (Å²) in [5.74, 6) is -0.311. The highest BCUT2D eigenvalue weighted by Gasteiger charge is 2.20. The Bertz CT molecular complexity index is 814. The lowest BCUT2D eigenvalue weighted by Crippen LogP contribution is -1.90. The van der Waals surface area contributed by atoms with Crippen molar-refractivity contribution >= 4 is 17.5 Å². The number of nitrogen functional groups attached to an aromatic ring is 1. The molecule has 3 aromatic rings. The maximum Gasteiger partial charge on any atom is 0.230 e. The Labute approximate surface area is 126 Å². The largest absolute Gasteiger partial charge is 0.367 e. The molecule has 0 atom stereocenters. The minimum absolute atomic E-state index is 0.157. The van der Waals surface area contributed by atoms with Crippen molar-refractivity contribution in [1.29, 1.82) is 0 Å². The fraction of sp³-hybridized carbons (Fsp3) is 0.0625. The highest BCUT2D eigenvalue weighted by molar-refractivity contribution is 6.30. The van der Waals surface area contributed by atoms with E-state index in [2.05, 4.69) is 5.16 Å². The number of aromatic nitrogens is 1. The number of halogens is 2. The van der Waals surface area contributed by atoms with Gasteiger partial charge in [0.05, 0.1) is 5.56 Å². The van der Waals surface area contributed by atoms with Crippen LogP contribution in [0.2, 0.25) is 5.02 Å². The topological polar surface area (TPSA) is 52.0 Å². The van der Waals surface area contributed by atoms with E-state index < -0.39 is 5.82 Å². The Kier molecular flexibility index (Phi) is 3.39. The molecule has 0 saturated heterocycles. The van der Waals surface area contributed by atoms with Crippen LogP contribution in [0.25, 0.3) is 22.4 Å². The summed E-state index contributed by atoms with van der Waals surface area (Å²) in [7, 11) is 0. The lowest BCUT2D eigenvalue weighted by atomic mass is 9.99. The zero-order valence-corrected chi connectivity index (χ0v) is 12.0. The quantitative estimate of drug-likeness (QED) is 0.747. The summed E-state index contributed by atoms with van der Waals surface area (Å²) >= 11 is 5.78. The van der Waals surface area contributed by atoms with Crippen LogP contribution in [0.1, 0.15) is 5.56 Å². The number of hydrogen-bond acceptors (Lipinski definition) is 3. The van der Waals surface area contributed by atoms with Gasteiger partial charge in [-0.05, 0) is 30.7 Å². The van der Waals surface area contributed by atoms with Crippen molar-refractivity contribution < 1.29 is 8.91 Å². The predicted molar refractivity (Wildman–Crippen MR) is 81.5 cm³/mol. The second-order valence-corrected chi connectivity index (χ2v) is 5.20. The van der Waals surface area contributed by atoms with E-state index in [1.54, 1.807) is 12.1 Å². The molecule has 0 saturated carbocycles. The smallest absolute Gasteiger partial charge is 0.230 e. The Morgan fingerprint density at radius 3 is 2.71 bits per heavy atom. The van der Waals surface area contributed by atoms with Crippen LogP contribution in [0, 0.1) is 12.7 Å². The number of rotatable bonds is 2. The van der Waals surface area contributed by atoms with Crippen LogP contribution in [-0.2, 0) is 0 Å². The summed E-state index contributed by atoms with van der Waals surface area (Å²) in [4.78, 5) is 0. The zero-order chi connectivity index (χ0) is 15.0. The summed E-state index contributed by atoms with van der Waals surface area (Å²) in [6, 6.07) is 12.1. The molecule has 0 aliphatic carbocycles. The van der Waals surface area contributed by atoms with Crippen molar-refractivity contribution in [3.63, 3.8) is 0 Å². The zero-order valence-electron chi connectivity index (χ0n) is 11.2. The molecule has 0 aliphatic heterocycles. The van der Waals surface area contributed by atoms with Crippen LogP contribution in [0.4, 0.5) is 10.3 Å². The molecular formula is C16H12ClFN2O. The Hall–Kier alpha value is -2.33. The van der Waals surface area contributed by atoms with Gasteiger partial charge in [-0.25, -0.2) is 4.39 Å². The number of nitrogens with zero attached hydrogens (tertiary/aromatic N) is 1. The van der Waals surface area contributed by atoms with E-state index in [4.69, 9.17) is 21.9 Å². The molecule has 0 bridgehead atoms. The van der Waals surface area contributed by atoms with Crippen LogP contribution in [0.5, 0.6) is 0 Å². The summed E-state index contributed by atoms with van der Waals surface area (Å²) in [5.41, 5.74) is 9.01. The first-order valence-electron chi connectivity index (χ1n) is 6.34. The molecule has 21 heavy (non-hydrogen) atoms. The number of benzene rings is 2. The average molecular weight is 303 g/mol. The fourth-order valence-electron chi connectivity index (χ4n) is 2.25. The molecule has 3 nitrogen and oxygen atoms in total. The predicted octanol–water partition coefficient (Wildman–Crippen LogP) is 4.69. The molecule has 0 aliphatic rings. The van der Waals surface area contributed by atoms with E-state index in [1.165, 1.54) is 6.07 Å². The maximum atomic E-state index is 14.1. The number of hydrogen-bond donors (Lipinski definition) is 1. The monoisotopic (exact) mass is 302 g/mol. The molecule has 106 valence electrons.